The van der Waals surface area contributed by atoms with Crippen molar-refractivity contribution in [3.8, 4) is 6.07 Å². The van der Waals surface area contributed by atoms with Crippen molar-refractivity contribution in [2.24, 2.45) is 0 Å². The van der Waals surface area contributed by atoms with Crippen LogP contribution in [0.25, 0.3) is 0 Å². The lowest BCUT2D eigenvalue weighted by molar-refractivity contribution is -0.117. The van der Waals surface area contributed by atoms with E-state index in [1.54, 1.807) is 24.3 Å². The van der Waals surface area contributed by atoms with E-state index in [1.807, 2.05) is 13.0 Å². The summed E-state index contributed by atoms with van der Waals surface area (Å²) < 4.78 is 0. The number of halogens is 1. The summed E-state index contributed by atoms with van der Waals surface area (Å²) in [4.78, 5) is 11.5. The zero-order valence-electron chi connectivity index (χ0n) is 10.0. The molecule has 5 heteroatoms. The Morgan fingerprint density at radius 2 is 2.11 bits per heavy atom. The van der Waals surface area contributed by atoms with E-state index in [0.717, 1.165) is 12.1 Å². The van der Waals surface area contributed by atoms with E-state index >= 15 is 0 Å². The molecule has 4 nitrogen and oxygen atoms in total. The minimum absolute atomic E-state index is 0.0402. The molecule has 0 aliphatic rings. The number of nitriles is 1. The van der Waals surface area contributed by atoms with Gasteiger partial charge in [-0.1, -0.05) is 18.5 Å². The molecule has 0 saturated heterocycles. The molecule has 18 heavy (non-hydrogen) atoms. The van der Waals surface area contributed by atoms with Crippen molar-refractivity contribution in [2.45, 2.75) is 13.3 Å². The van der Waals surface area contributed by atoms with Crippen LogP contribution in [0.15, 0.2) is 36.0 Å². The van der Waals surface area contributed by atoms with E-state index in [1.165, 1.54) is 6.20 Å². The largest absolute Gasteiger partial charge is 0.360 e. The molecule has 1 rings (SSSR count). The first-order chi connectivity index (χ1) is 8.67. The molecule has 0 aromatic heterocycles. The Morgan fingerprint density at radius 3 is 2.67 bits per heavy atom. The van der Waals surface area contributed by atoms with Gasteiger partial charge in [-0.2, -0.15) is 5.26 Å². The van der Waals surface area contributed by atoms with Gasteiger partial charge in [0, 0.05) is 23.5 Å². The second-order valence-corrected chi connectivity index (χ2v) is 4.01. The Morgan fingerprint density at radius 1 is 1.44 bits per heavy atom. The number of rotatable bonds is 5. The molecule has 1 aromatic carbocycles. The lowest BCUT2D eigenvalue weighted by atomic mass is 10.2. The lowest BCUT2D eigenvalue weighted by Gasteiger charge is -2.03. The van der Waals surface area contributed by atoms with Gasteiger partial charge in [-0.3, -0.25) is 4.79 Å². The van der Waals surface area contributed by atoms with Crippen molar-refractivity contribution in [2.75, 3.05) is 11.9 Å². The SMILES string of the molecule is CCCNC(=O)/C(C#N)=C\Nc1ccc(Cl)cc1. The normalized spacial score (nSPS) is 10.6. The Bertz CT molecular complexity index is 474. The third kappa shape index (κ3) is 4.48. The van der Waals surface area contributed by atoms with Crippen molar-refractivity contribution in [1.82, 2.24) is 5.32 Å². The van der Waals surface area contributed by atoms with Gasteiger partial charge in [-0.05, 0) is 30.7 Å². The molecule has 0 fully saturated rings. The van der Waals surface area contributed by atoms with Gasteiger partial charge in [0.15, 0.2) is 0 Å². The van der Waals surface area contributed by atoms with E-state index in [-0.39, 0.29) is 11.5 Å². The van der Waals surface area contributed by atoms with Crippen LogP contribution < -0.4 is 10.6 Å². The highest BCUT2D eigenvalue weighted by Gasteiger charge is 2.06. The maximum atomic E-state index is 11.5. The van der Waals surface area contributed by atoms with Crippen LogP contribution >= 0.6 is 11.6 Å². The number of carbonyl (C=O) groups is 1. The Kier molecular flexibility index (Phi) is 5.75. The van der Waals surface area contributed by atoms with Crippen molar-refractivity contribution in [3.63, 3.8) is 0 Å². The van der Waals surface area contributed by atoms with Gasteiger partial charge < -0.3 is 10.6 Å². The van der Waals surface area contributed by atoms with Crippen LogP contribution in [0.1, 0.15) is 13.3 Å². The van der Waals surface area contributed by atoms with Crippen molar-refractivity contribution in [3.05, 3.63) is 41.1 Å². The average Bonchev–Trinajstić information content (AvgIpc) is 2.39. The summed E-state index contributed by atoms with van der Waals surface area (Å²) >= 11 is 5.75. The zero-order chi connectivity index (χ0) is 13.4. The summed E-state index contributed by atoms with van der Waals surface area (Å²) in [5, 5.41) is 15.0. The third-order valence-electron chi connectivity index (χ3n) is 2.13. The molecule has 0 atom stereocenters. The Hall–Kier alpha value is -1.99. The van der Waals surface area contributed by atoms with Gasteiger partial charge >= 0.3 is 0 Å². The van der Waals surface area contributed by atoms with Crippen molar-refractivity contribution < 1.29 is 4.79 Å². The van der Waals surface area contributed by atoms with Gasteiger partial charge in [0.25, 0.3) is 5.91 Å². The summed E-state index contributed by atoms with van der Waals surface area (Å²) in [5.74, 6) is -0.374. The number of nitrogens with one attached hydrogen (secondary N) is 2. The van der Waals surface area contributed by atoms with Gasteiger partial charge in [0.1, 0.15) is 11.6 Å². The monoisotopic (exact) mass is 263 g/mol. The number of amides is 1. The van der Waals surface area contributed by atoms with Crippen LogP contribution in [0.2, 0.25) is 5.02 Å². The number of anilines is 1. The molecule has 0 unspecified atom stereocenters. The second-order valence-electron chi connectivity index (χ2n) is 3.58. The van der Waals surface area contributed by atoms with Crippen LogP contribution in [-0.2, 0) is 4.79 Å². The highest BCUT2D eigenvalue weighted by Crippen LogP contribution is 2.13. The van der Waals surface area contributed by atoms with E-state index in [0.29, 0.717) is 11.6 Å². The minimum atomic E-state index is -0.374. The lowest BCUT2D eigenvalue weighted by Crippen LogP contribution is -2.25. The number of carbonyl (C=O) groups excluding carboxylic acids is 1. The summed E-state index contributed by atoms with van der Waals surface area (Å²) in [6, 6.07) is 8.82. The zero-order valence-corrected chi connectivity index (χ0v) is 10.8. The number of benzene rings is 1. The standard InChI is InChI=1S/C13H14ClN3O/c1-2-7-16-13(18)10(8-15)9-17-12-5-3-11(14)4-6-12/h3-6,9,17H,2,7H2,1H3,(H,16,18)/b10-9-. The maximum absolute atomic E-state index is 11.5. The molecule has 1 amide bonds. The second kappa shape index (κ2) is 7.36. The molecule has 0 saturated carbocycles. The van der Waals surface area contributed by atoms with Gasteiger partial charge in [0.05, 0.1) is 0 Å². The van der Waals surface area contributed by atoms with E-state index in [2.05, 4.69) is 10.6 Å². The predicted octanol–water partition coefficient (Wildman–Crippen LogP) is 2.69. The van der Waals surface area contributed by atoms with Gasteiger partial charge in [0.2, 0.25) is 0 Å². The average molecular weight is 264 g/mol. The fourth-order valence-electron chi connectivity index (χ4n) is 1.18. The van der Waals surface area contributed by atoms with Crippen LogP contribution in [0.5, 0.6) is 0 Å². The third-order valence-corrected chi connectivity index (χ3v) is 2.38. The molecule has 1 aromatic rings. The van der Waals surface area contributed by atoms with Crippen LogP contribution in [0.3, 0.4) is 0 Å². The highest BCUT2D eigenvalue weighted by molar-refractivity contribution is 6.30. The first kappa shape index (κ1) is 14.1. The van der Waals surface area contributed by atoms with Crippen molar-refractivity contribution >= 4 is 23.2 Å². The molecular formula is C13H14ClN3O. The van der Waals surface area contributed by atoms with Crippen LogP contribution in [0.4, 0.5) is 5.69 Å². The highest BCUT2D eigenvalue weighted by atomic mass is 35.5. The molecule has 0 bridgehead atoms. The Balaban J connectivity index is 2.66. The molecule has 94 valence electrons. The molecule has 0 spiro atoms. The fraction of sp³-hybridized carbons (Fsp3) is 0.231. The molecular weight excluding hydrogens is 250 g/mol. The predicted molar refractivity (Wildman–Crippen MR) is 72.1 cm³/mol. The fourth-order valence-corrected chi connectivity index (χ4v) is 1.31. The summed E-state index contributed by atoms with van der Waals surface area (Å²) in [7, 11) is 0. The smallest absolute Gasteiger partial charge is 0.263 e. The summed E-state index contributed by atoms with van der Waals surface area (Å²) in [5.41, 5.74) is 0.800. The number of hydrogen-bond acceptors (Lipinski definition) is 3. The topological polar surface area (TPSA) is 64.9 Å². The van der Waals surface area contributed by atoms with Gasteiger partial charge in [-0.25, -0.2) is 0 Å². The molecule has 2 N–H and O–H groups in total. The minimum Gasteiger partial charge on any atom is -0.360 e. The quantitative estimate of drug-likeness (QED) is 0.634. The maximum Gasteiger partial charge on any atom is 0.263 e. The van der Waals surface area contributed by atoms with E-state index < -0.39 is 0 Å². The van der Waals surface area contributed by atoms with Crippen molar-refractivity contribution in [1.29, 1.82) is 5.26 Å². The molecule has 0 aliphatic carbocycles. The van der Waals surface area contributed by atoms with Crippen LogP contribution in [-0.4, -0.2) is 12.5 Å². The Labute approximate surface area is 111 Å². The molecule has 0 heterocycles. The molecule has 0 radical (unpaired) electrons. The first-order valence-corrected chi connectivity index (χ1v) is 5.95. The van der Waals surface area contributed by atoms with Gasteiger partial charge in [-0.15, -0.1) is 0 Å². The molecule has 0 aliphatic heterocycles. The van der Waals surface area contributed by atoms with E-state index in [4.69, 9.17) is 16.9 Å². The summed E-state index contributed by atoms with van der Waals surface area (Å²) in [6.07, 6.45) is 2.21. The number of nitrogens with zero attached hydrogens (tertiary/aromatic N) is 1. The summed E-state index contributed by atoms with van der Waals surface area (Å²) in [6.45, 7) is 2.50. The number of hydrogen-bond donors (Lipinski definition) is 2. The first-order valence-electron chi connectivity index (χ1n) is 5.58. The van der Waals surface area contributed by atoms with E-state index in [9.17, 15) is 4.79 Å². The van der Waals surface area contributed by atoms with Crippen LogP contribution in [0, 0.1) is 11.3 Å².